The van der Waals surface area contributed by atoms with E-state index in [0.717, 1.165) is 16.9 Å². The monoisotopic (exact) mass is 312 g/mol. The maximum absolute atomic E-state index is 12.1. The van der Waals surface area contributed by atoms with Crippen LogP contribution in [0.15, 0.2) is 0 Å². The molecule has 0 saturated heterocycles. The van der Waals surface area contributed by atoms with Gasteiger partial charge in [-0.3, -0.25) is 4.57 Å². The molecule has 0 fully saturated rings. The van der Waals surface area contributed by atoms with Crippen LogP contribution in [-0.2, 0) is 16.1 Å². The molecule has 0 aliphatic rings. The molecule has 0 aromatic carbocycles. The zero-order valence-corrected chi connectivity index (χ0v) is 13.8. The zero-order chi connectivity index (χ0) is 15.7. The summed E-state index contributed by atoms with van der Waals surface area (Å²) in [5.41, 5.74) is 2.44. The number of imidazole rings is 1. The maximum atomic E-state index is 12.1. The van der Waals surface area contributed by atoms with Crippen LogP contribution in [0.1, 0.15) is 50.6 Å². The van der Waals surface area contributed by atoms with Gasteiger partial charge in [-0.25, -0.2) is 14.5 Å². The number of alkyl halides is 1. The van der Waals surface area contributed by atoms with Crippen molar-refractivity contribution in [2.45, 2.75) is 52.6 Å². The maximum Gasteiger partial charge on any atom is 0.328 e. The second kappa shape index (κ2) is 6.05. The Kier molecular flexibility index (Phi) is 4.56. The summed E-state index contributed by atoms with van der Waals surface area (Å²) < 4.78 is 8.82. The molecule has 2 unspecified atom stereocenters. The van der Waals surface area contributed by atoms with E-state index in [1.54, 1.807) is 13.8 Å². The van der Waals surface area contributed by atoms with Gasteiger partial charge in [-0.1, -0.05) is 0 Å². The van der Waals surface area contributed by atoms with Crippen LogP contribution < -0.4 is 0 Å². The van der Waals surface area contributed by atoms with E-state index in [4.69, 9.17) is 16.3 Å². The van der Waals surface area contributed by atoms with Crippen LogP contribution in [0.3, 0.4) is 0 Å². The van der Waals surface area contributed by atoms with Gasteiger partial charge in [0.25, 0.3) is 0 Å². The number of carbonyl (C=O) groups excluding carboxylic acids is 1. The molecule has 21 heavy (non-hydrogen) atoms. The number of rotatable bonds is 5. The van der Waals surface area contributed by atoms with Gasteiger partial charge >= 0.3 is 5.97 Å². The number of hydrogen-bond donors (Lipinski definition) is 0. The molecule has 0 N–H and O–H groups in total. The Morgan fingerprint density at radius 3 is 2.57 bits per heavy atom. The SMILES string of the molecule is CCOC(=O)C(C)n1c(C(C)Cl)nc2c(C)nn(CC)c21. The van der Waals surface area contributed by atoms with E-state index in [1.807, 2.05) is 30.0 Å². The average Bonchev–Trinajstić information content (AvgIpc) is 2.96. The number of aromatic nitrogens is 4. The van der Waals surface area contributed by atoms with Crippen molar-refractivity contribution >= 4 is 28.7 Å². The minimum Gasteiger partial charge on any atom is -0.464 e. The standard InChI is InChI=1S/C14H21ClN4O2/c1-6-18-13-11(9(4)17-18)16-12(8(3)15)19(13)10(5)14(20)21-7-2/h8,10H,6-7H2,1-5H3. The van der Waals surface area contributed by atoms with Crippen LogP contribution >= 0.6 is 11.6 Å². The molecule has 2 atom stereocenters. The lowest BCUT2D eigenvalue weighted by Gasteiger charge is -2.17. The Bertz CT molecular complexity index is 660. The van der Waals surface area contributed by atoms with Crippen LogP contribution in [0.25, 0.3) is 11.2 Å². The highest BCUT2D eigenvalue weighted by molar-refractivity contribution is 6.20. The van der Waals surface area contributed by atoms with Crippen LogP contribution in [0.4, 0.5) is 0 Å². The summed E-state index contributed by atoms with van der Waals surface area (Å²) in [5.74, 6) is 0.367. The number of nitrogens with zero attached hydrogens (tertiary/aromatic N) is 4. The van der Waals surface area contributed by atoms with E-state index >= 15 is 0 Å². The number of fused-ring (bicyclic) bond motifs is 1. The predicted molar refractivity (Wildman–Crippen MR) is 81.5 cm³/mol. The van der Waals surface area contributed by atoms with Crippen molar-refractivity contribution in [3.63, 3.8) is 0 Å². The third kappa shape index (κ3) is 2.64. The molecule has 0 bridgehead atoms. The largest absolute Gasteiger partial charge is 0.464 e. The number of carbonyl (C=O) groups is 1. The van der Waals surface area contributed by atoms with Crippen molar-refractivity contribution in [2.24, 2.45) is 0 Å². The number of halogens is 1. The molecule has 0 amide bonds. The van der Waals surface area contributed by atoms with Gasteiger partial charge in [-0.15, -0.1) is 11.6 Å². The number of aryl methyl sites for hydroxylation is 2. The molecule has 6 nitrogen and oxygen atoms in total. The second-order valence-electron chi connectivity index (χ2n) is 4.96. The van der Waals surface area contributed by atoms with Gasteiger partial charge in [-0.2, -0.15) is 5.10 Å². The van der Waals surface area contributed by atoms with Gasteiger partial charge < -0.3 is 4.74 Å². The Morgan fingerprint density at radius 1 is 1.38 bits per heavy atom. The predicted octanol–water partition coefficient (Wildman–Crippen LogP) is 2.99. The Hall–Kier alpha value is -1.56. The molecule has 2 heterocycles. The first-order chi connectivity index (χ1) is 9.92. The molecular formula is C14H21ClN4O2. The van der Waals surface area contributed by atoms with Gasteiger partial charge in [-0.05, 0) is 34.6 Å². The van der Waals surface area contributed by atoms with E-state index in [9.17, 15) is 4.79 Å². The summed E-state index contributed by atoms with van der Waals surface area (Å²) in [6.07, 6.45) is 0. The smallest absolute Gasteiger partial charge is 0.328 e. The van der Waals surface area contributed by atoms with Crippen LogP contribution in [0.5, 0.6) is 0 Å². The molecule has 2 aromatic rings. The molecule has 7 heteroatoms. The molecule has 0 radical (unpaired) electrons. The summed E-state index contributed by atoms with van der Waals surface area (Å²) in [6.45, 7) is 10.4. The van der Waals surface area contributed by atoms with Gasteiger partial charge in [0.1, 0.15) is 17.4 Å². The molecule has 0 aliphatic heterocycles. The average molecular weight is 313 g/mol. The third-order valence-corrected chi connectivity index (χ3v) is 3.64. The molecule has 2 rings (SSSR count). The summed E-state index contributed by atoms with van der Waals surface area (Å²) in [5, 5.41) is 4.15. The normalized spacial score (nSPS) is 14.4. The highest BCUT2D eigenvalue weighted by atomic mass is 35.5. The third-order valence-electron chi connectivity index (χ3n) is 3.44. The number of esters is 1. The van der Waals surface area contributed by atoms with E-state index in [-0.39, 0.29) is 11.3 Å². The molecular weight excluding hydrogens is 292 g/mol. The summed E-state index contributed by atoms with van der Waals surface area (Å²) >= 11 is 6.25. The van der Waals surface area contributed by atoms with E-state index in [0.29, 0.717) is 19.0 Å². The van der Waals surface area contributed by atoms with Gasteiger partial charge in [0.15, 0.2) is 5.65 Å². The van der Waals surface area contributed by atoms with Crippen LogP contribution in [0.2, 0.25) is 0 Å². The summed E-state index contributed by atoms with van der Waals surface area (Å²) in [6, 6.07) is -0.493. The molecule has 2 aromatic heterocycles. The fraction of sp³-hybridized carbons (Fsp3) is 0.643. The lowest BCUT2D eigenvalue weighted by molar-refractivity contribution is -0.146. The van der Waals surface area contributed by atoms with Crippen molar-refractivity contribution in [1.82, 2.24) is 19.3 Å². The minimum atomic E-state index is -0.493. The number of ether oxygens (including phenoxy) is 1. The first kappa shape index (κ1) is 15.8. The first-order valence-corrected chi connectivity index (χ1v) is 7.61. The van der Waals surface area contributed by atoms with Crippen molar-refractivity contribution in [2.75, 3.05) is 6.61 Å². The van der Waals surface area contributed by atoms with Gasteiger partial charge in [0, 0.05) is 6.54 Å². The Morgan fingerprint density at radius 2 is 2.05 bits per heavy atom. The van der Waals surface area contributed by atoms with Gasteiger partial charge in [0.05, 0.1) is 17.7 Å². The second-order valence-corrected chi connectivity index (χ2v) is 5.61. The highest BCUT2D eigenvalue weighted by Gasteiger charge is 2.27. The van der Waals surface area contributed by atoms with Crippen molar-refractivity contribution in [1.29, 1.82) is 0 Å². The lowest BCUT2D eigenvalue weighted by atomic mass is 10.3. The summed E-state index contributed by atoms with van der Waals surface area (Å²) in [4.78, 5) is 16.7. The topological polar surface area (TPSA) is 61.9 Å². The van der Waals surface area contributed by atoms with E-state index < -0.39 is 6.04 Å². The molecule has 0 saturated carbocycles. The minimum absolute atomic E-state index is 0.295. The van der Waals surface area contributed by atoms with E-state index in [2.05, 4.69) is 10.1 Å². The molecule has 0 spiro atoms. The van der Waals surface area contributed by atoms with E-state index in [1.165, 1.54) is 0 Å². The quantitative estimate of drug-likeness (QED) is 0.629. The highest BCUT2D eigenvalue weighted by Crippen LogP contribution is 2.30. The van der Waals surface area contributed by atoms with Crippen molar-refractivity contribution in [3.8, 4) is 0 Å². The Labute approximate surface area is 129 Å². The van der Waals surface area contributed by atoms with Crippen LogP contribution in [-0.4, -0.2) is 31.9 Å². The van der Waals surface area contributed by atoms with Crippen molar-refractivity contribution in [3.05, 3.63) is 11.5 Å². The summed E-state index contributed by atoms with van der Waals surface area (Å²) in [7, 11) is 0. The first-order valence-electron chi connectivity index (χ1n) is 7.18. The molecule has 116 valence electrons. The number of hydrogen-bond acceptors (Lipinski definition) is 4. The van der Waals surface area contributed by atoms with Crippen molar-refractivity contribution < 1.29 is 9.53 Å². The lowest BCUT2D eigenvalue weighted by Crippen LogP contribution is -2.22. The fourth-order valence-corrected chi connectivity index (χ4v) is 2.61. The molecule has 0 aliphatic carbocycles. The zero-order valence-electron chi connectivity index (χ0n) is 13.1. The fourth-order valence-electron chi connectivity index (χ4n) is 2.46. The van der Waals surface area contributed by atoms with Gasteiger partial charge in [0.2, 0.25) is 0 Å². The Balaban J connectivity index is 2.68. The van der Waals surface area contributed by atoms with Crippen LogP contribution in [0, 0.1) is 6.92 Å².